The number of para-hydroxylation sites is 1. The topological polar surface area (TPSA) is 67.4 Å². The van der Waals surface area contributed by atoms with Crippen LogP contribution in [0.15, 0.2) is 24.3 Å². The molecule has 0 aliphatic heterocycles. The third-order valence-electron chi connectivity index (χ3n) is 3.55. The summed E-state index contributed by atoms with van der Waals surface area (Å²) in [5, 5.41) is 5.57. The first-order valence-corrected chi connectivity index (χ1v) is 8.61. The minimum atomic E-state index is -0.587. The van der Waals surface area contributed by atoms with Gasteiger partial charge in [-0.2, -0.15) is 0 Å². The number of nitrogens with one attached hydrogen (secondary N) is 2. The number of rotatable bonds is 9. The summed E-state index contributed by atoms with van der Waals surface area (Å²) in [5.41, 5.74) is 1.08. The van der Waals surface area contributed by atoms with Gasteiger partial charge in [0.25, 0.3) is 5.91 Å². The fraction of sp³-hybridized carbons (Fsp3) is 0.579. The van der Waals surface area contributed by atoms with Crippen molar-refractivity contribution in [3.05, 3.63) is 29.8 Å². The summed E-state index contributed by atoms with van der Waals surface area (Å²) < 4.78 is 5.80. The second kappa shape index (κ2) is 9.96. The molecule has 0 fully saturated rings. The van der Waals surface area contributed by atoms with E-state index in [2.05, 4.69) is 24.5 Å². The molecule has 5 heteroatoms. The minimum absolute atomic E-state index is 0.00871. The predicted octanol–water partition coefficient (Wildman–Crippen LogP) is 2.86. The Kier molecular flexibility index (Phi) is 8.30. The molecule has 0 aliphatic rings. The fourth-order valence-corrected chi connectivity index (χ4v) is 2.28. The van der Waals surface area contributed by atoms with E-state index in [1.165, 1.54) is 0 Å². The molecule has 1 aromatic carbocycles. The first kappa shape index (κ1) is 20.0. The maximum Gasteiger partial charge on any atom is 0.260 e. The zero-order valence-electron chi connectivity index (χ0n) is 15.4. The van der Waals surface area contributed by atoms with Gasteiger partial charge in [-0.25, -0.2) is 0 Å². The van der Waals surface area contributed by atoms with Gasteiger partial charge in [-0.3, -0.25) is 9.59 Å². The van der Waals surface area contributed by atoms with Crippen LogP contribution in [0.2, 0.25) is 0 Å². The maximum absolute atomic E-state index is 12.1. The van der Waals surface area contributed by atoms with Crippen molar-refractivity contribution in [2.24, 2.45) is 5.92 Å². The number of amides is 2. The SMILES string of the molecule is CC(C)CC(=O)NCCNC(=O)C(C)Oc1ccccc1C(C)C. The standard InChI is InChI=1S/C19H30N2O3/c1-13(2)12-18(22)20-10-11-21-19(23)15(5)24-17-9-7-6-8-16(17)14(3)4/h6-9,13-15H,10-12H2,1-5H3,(H,20,22)(H,21,23). The highest BCUT2D eigenvalue weighted by atomic mass is 16.5. The third kappa shape index (κ3) is 7.02. The predicted molar refractivity (Wildman–Crippen MR) is 96.1 cm³/mol. The molecular formula is C19H30N2O3. The molecule has 1 atom stereocenters. The van der Waals surface area contributed by atoms with Crippen molar-refractivity contribution < 1.29 is 14.3 Å². The Labute approximate surface area is 145 Å². The highest BCUT2D eigenvalue weighted by Gasteiger charge is 2.16. The Morgan fingerprint density at radius 3 is 2.25 bits per heavy atom. The molecule has 1 aromatic rings. The van der Waals surface area contributed by atoms with Gasteiger partial charge in [0.05, 0.1) is 0 Å². The average molecular weight is 334 g/mol. The van der Waals surface area contributed by atoms with Crippen LogP contribution < -0.4 is 15.4 Å². The van der Waals surface area contributed by atoms with E-state index in [4.69, 9.17) is 4.74 Å². The van der Waals surface area contributed by atoms with Crippen molar-refractivity contribution in [1.82, 2.24) is 10.6 Å². The molecule has 0 radical (unpaired) electrons. The molecule has 5 nitrogen and oxygen atoms in total. The molecule has 0 saturated carbocycles. The second-order valence-electron chi connectivity index (χ2n) is 6.69. The Balaban J connectivity index is 2.39. The van der Waals surface area contributed by atoms with Crippen LogP contribution in [0.5, 0.6) is 5.75 Å². The number of hydrogen-bond donors (Lipinski definition) is 2. The van der Waals surface area contributed by atoms with Crippen LogP contribution in [0, 0.1) is 5.92 Å². The highest BCUT2D eigenvalue weighted by molar-refractivity contribution is 5.81. The van der Waals surface area contributed by atoms with E-state index >= 15 is 0 Å². The van der Waals surface area contributed by atoms with E-state index in [1.807, 2.05) is 38.1 Å². The molecule has 134 valence electrons. The third-order valence-corrected chi connectivity index (χ3v) is 3.55. The van der Waals surface area contributed by atoms with E-state index in [9.17, 15) is 9.59 Å². The summed E-state index contributed by atoms with van der Waals surface area (Å²) in [4.78, 5) is 23.6. The largest absolute Gasteiger partial charge is 0.481 e. The van der Waals surface area contributed by atoms with Crippen molar-refractivity contribution in [2.45, 2.75) is 53.1 Å². The number of carbonyl (C=O) groups is 2. The molecule has 1 rings (SSSR count). The maximum atomic E-state index is 12.1. The van der Waals surface area contributed by atoms with Crippen LogP contribution in [-0.4, -0.2) is 31.0 Å². The summed E-state index contributed by atoms with van der Waals surface area (Å²) in [5.74, 6) is 1.21. The second-order valence-corrected chi connectivity index (χ2v) is 6.69. The smallest absolute Gasteiger partial charge is 0.260 e. The molecule has 0 bridgehead atoms. The molecule has 2 N–H and O–H groups in total. The van der Waals surface area contributed by atoms with Gasteiger partial charge >= 0.3 is 0 Å². The molecular weight excluding hydrogens is 304 g/mol. The van der Waals surface area contributed by atoms with Crippen LogP contribution in [0.4, 0.5) is 0 Å². The lowest BCUT2D eigenvalue weighted by molar-refractivity contribution is -0.127. The lowest BCUT2D eigenvalue weighted by Gasteiger charge is -2.18. The number of carbonyl (C=O) groups excluding carboxylic acids is 2. The van der Waals surface area contributed by atoms with Gasteiger partial charge in [-0.15, -0.1) is 0 Å². The lowest BCUT2D eigenvalue weighted by Crippen LogP contribution is -2.40. The normalized spacial score (nSPS) is 12.1. The first-order chi connectivity index (χ1) is 11.3. The molecule has 2 amide bonds. The van der Waals surface area contributed by atoms with Gasteiger partial charge < -0.3 is 15.4 Å². The van der Waals surface area contributed by atoms with Crippen molar-refractivity contribution in [2.75, 3.05) is 13.1 Å². The minimum Gasteiger partial charge on any atom is -0.481 e. The van der Waals surface area contributed by atoms with Crippen molar-refractivity contribution in [3.63, 3.8) is 0 Å². The summed E-state index contributed by atoms with van der Waals surface area (Å²) in [6.07, 6.45) is -0.0873. The van der Waals surface area contributed by atoms with Gasteiger partial charge in [0.1, 0.15) is 5.75 Å². The zero-order valence-corrected chi connectivity index (χ0v) is 15.4. The van der Waals surface area contributed by atoms with Gasteiger partial charge in [-0.1, -0.05) is 45.9 Å². The molecule has 1 unspecified atom stereocenters. The van der Waals surface area contributed by atoms with E-state index in [0.29, 0.717) is 31.3 Å². The molecule has 24 heavy (non-hydrogen) atoms. The van der Waals surface area contributed by atoms with E-state index in [0.717, 1.165) is 11.3 Å². The first-order valence-electron chi connectivity index (χ1n) is 8.61. The van der Waals surface area contributed by atoms with E-state index in [1.54, 1.807) is 6.92 Å². The number of benzene rings is 1. The average Bonchev–Trinajstić information content (AvgIpc) is 2.50. The molecule has 0 saturated heterocycles. The van der Waals surface area contributed by atoms with Gasteiger partial charge in [0.2, 0.25) is 5.91 Å². The Morgan fingerprint density at radius 1 is 1.00 bits per heavy atom. The van der Waals surface area contributed by atoms with Crippen molar-refractivity contribution in [1.29, 1.82) is 0 Å². The Morgan fingerprint density at radius 2 is 1.62 bits per heavy atom. The van der Waals surface area contributed by atoms with Crippen LogP contribution in [0.25, 0.3) is 0 Å². The summed E-state index contributed by atoms with van der Waals surface area (Å²) in [6.45, 7) is 10.7. The van der Waals surface area contributed by atoms with Crippen molar-refractivity contribution in [3.8, 4) is 5.75 Å². The quantitative estimate of drug-likeness (QED) is 0.682. The van der Waals surface area contributed by atoms with Crippen molar-refractivity contribution >= 4 is 11.8 Å². The van der Waals surface area contributed by atoms with E-state index < -0.39 is 6.10 Å². The number of hydrogen-bond acceptors (Lipinski definition) is 3. The van der Waals surface area contributed by atoms with Gasteiger partial charge in [0.15, 0.2) is 6.10 Å². The zero-order chi connectivity index (χ0) is 18.1. The fourth-order valence-electron chi connectivity index (χ4n) is 2.28. The van der Waals surface area contributed by atoms with Gasteiger partial charge in [-0.05, 0) is 30.4 Å². The number of ether oxygens (including phenoxy) is 1. The summed E-state index contributed by atoms with van der Waals surface area (Å²) in [7, 11) is 0. The van der Waals surface area contributed by atoms with Gasteiger partial charge in [0, 0.05) is 19.5 Å². The van der Waals surface area contributed by atoms with Crippen LogP contribution >= 0.6 is 0 Å². The van der Waals surface area contributed by atoms with Crippen LogP contribution in [-0.2, 0) is 9.59 Å². The highest BCUT2D eigenvalue weighted by Crippen LogP contribution is 2.26. The molecule has 0 heterocycles. The molecule has 0 aromatic heterocycles. The van der Waals surface area contributed by atoms with E-state index in [-0.39, 0.29) is 11.8 Å². The lowest BCUT2D eigenvalue weighted by atomic mass is 10.0. The molecule has 0 spiro atoms. The van der Waals surface area contributed by atoms with Crippen LogP contribution in [0.3, 0.4) is 0 Å². The van der Waals surface area contributed by atoms with Crippen LogP contribution in [0.1, 0.15) is 52.5 Å². The summed E-state index contributed by atoms with van der Waals surface area (Å²) in [6, 6.07) is 7.75. The monoisotopic (exact) mass is 334 g/mol. The Hall–Kier alpha value is -2.04. The summed E-state index contributed by atoms with van der Waals surface area (Å²) >= 11 is 0. The molecule has 0 aliphatic carbocycles. The Bertz CT molecular complexity index is 541.